The number of halogens is 1. The number of ketones is 1. The Morgan fingerprint density at radius 2 is 1.65 bits per heavy atom. The molecule has 1 aliphatic rings. The van der Waals surface area contributed by atoms with Crippen LogP contribution in [0.1, 0.15) is 16.1 Å². The van der Waals surface area contributed by atoms with Gasteiger partial charge >= 0.3 is 0 Å². The second kappa shape index (κ2) is 9.93. The normalized spacial score (nSPS) is 13.8. The predicted molar refractivity (Wildman–Crippen MR) is 146 cm³/mol. The Bertz CT molecular complexity index is 1840. The Balaban J connectivity index is 1.32. The highest BCUT2D eigenvalue weighted by Gasteiger charge is 2.21. The van der Waals surface area contributed by atoms with Crippen molar-refractivity contribution in [2.45, 2.75) is 6.42 Å². The van der Waals surface area contributed by atoms with Crippen molar-refractivity contribution in [3.05, 3.63) is 96.3 Å². The molecular formula is C29H23FN8O2. The second-order valence-electron chi connectivity index (χ2n) is 9.47. The summed E-state index contributed by atoms with van der Waals surface area (Å²) in [6.45, 7) is 2.77. The number of nitrogens with zero attached hydrogens (tertiary/aromatic N) is 8. The maximum absolute atomic E-state index is 13.8. The fraction of sp³-hybridized carbons (Fsp3) is 0.172. The summed E-state index contributed by atoms with van der Waals surface area (Å²) >= 11 is 0. The van der Waals surface area contributed by atoms with Gasteiger partial charge in [0.2, 0.25) is 0 Å². The number of benzene rings is 1. The van der Waals surface area contributed by atoms with Crippen molar-refractivity contribution in [3.8, 4) is 22.6 Å². The molecule has 0 N–H and O–H groups in total. The smallest absolute Gasteiger partial charge is 0.168 e. The van der Waals surface area contributed by atoms with Gasteiger partial charge in [0.1, 0.15) is 28.7 Å². The number of anilines is 1. The highest BCUT2D eigenvalue weighted by atomic mass is 19.1. The molecular weight excluding hydrogens is 511 g/mol. The van der Waals surface area contributed by atoms with Crippen molar-refractivity contribution in [3.63, 3.8) is 0 Å². The number of carbonyl (C=O) groups is 1. The third kappa shape index (κ3) is 4.46. The van der Waals surface area contributed by atoms with Gasteiger partial charge in [0.25, 0.3) is 0 Å². The van der Waals surface area contributed by atoms with Crippen molar-refractivity contribution in [1.82, 2.24) is 34.2 Å². The zero-order valence-corrected chi connectivity index (χ0v) is 21.3. The van der Waals surface area contributed by atoms with Crippen LogP contribution in [0.25, 0.3) is 33.9 Å². The minimum atomic E-state index is -0.325. The molecule has 6 aromatic rings. The van der Waals surface area contributed by atoms with E-state index in [9.17, 15) is 9.18 Å². The van der Waals surface area contributed by atoms with Crippen LogP contribution in [0.15, 0.2) is 79.3 Å². The van der Waals surface area contributed by atoms with Gasteiger partial charge < -0.3 is 9.64 Å². The Kier molecular flexibility index (Phi) is 5.97. The molecule has 0 amide bonds. The largest absolute Gasteiger partial charge is 0.378 e. The Morgan fingerprint density at radius 3 is 2.45 bits per heavy atom. The third-order valence-electron chi connectivity index (χ3n) is 6.87. The summed E-state index contributed by atoms with van der Waals surface area (Å²) in [7, 11) is 0. The molecule has 1 saturated heterocycles. The lowest BCUT2D eigenvalue weighted by Crippen LogP contribution is -2.37. The van der Waals surface area contributed by atoms with E-state index in [1.165, 1.54) is 12.1 Å². The van der Waals surface area contributed by atoms with Crippen LogP contribution in [0.4, 0.5) is 10.2 Å². The molecule has 1 aromatic carbocycles. The molecule has 1 aliphatic heterocycles. The summed E-state index contributed by atoms with van der Waals surface area (Å²) in [6.07, 6.45) is 5.09. The molecule has 11 heteroatoms. The maximum atomic E-state index is 13.8. The van der Waals surface area contributed by atoms with Crippen molar-refractivity contribution < 1.29 is 13.9 Å². The van der Waals surface area contributed by atoms with E-state index < -0.39 is 0 Å². The number of Topliss-reactive ketones (excluding diaryl/α,β-unsaturated/α-hetero) is 1. The molecule has 0 atom stereocenters. The van der Waals surface area contributed by atoms with Gasteiger partial charge in [-0.15, -0.1) is 5.10 Å². The molecule has 0 bridgehead atoms. The lowest BCUT2D eigenvalue weighted by atomic mass is 10.1. The molecule has 0 unspecified atom stereocenters. The average molecular weight is 535 g/mol. The van der Waals surface area contributed by atoms with Crippen LogP contribution < -0.4 is 4.90 Å². The molecule has 0 radical (unpaired) electrons. The standard InChI is InChI=1S/C29H23FN8O2/c30-21-3-1-20(2-4-21)28-29(38-26(33-28)7-8-27(35-38)36-13-15-40-16-14-36)23-5-6-25-32-22(18-37(25)34-23)17-24(39)19-9-11-31-12-10-19/h1-12,18H,13-17H2. The van der Waals surface area contributed by atoms with E-state index in [0.29, 0.717) is 52.8 Å². The lowest BCUT2D eigenvalue weighted by molar-refractivity contribution is 0.0992. The van der Waals surface area contributed by atoms with E-state index in [2.05, 4.69) is 14.9 Å². The number of hydrogen-bond acceptors (Lipinski definition) is 8. The van der Waals surface area contributed by atoms with Crippen LogP contribution in [0.2, 0.25) is 0 Å². The number of morpholine rings is 1. The molecule has 0 saturated carbocycles. The fourth-order valence-corrected chi connectivity index (χ4v) is 4.87. The lowest BCUT2D eigenvalue weighted by Gasteiger charge is -2.27. The molecule has 0 spiro atoms. The molecule has 10 nitrogen and oxygen atoms in total. The number of aromatic nitrogens is 7. The summed E-state index contributed by atoms with van der Waals surface area (Å²) in [5.41, 5.74) is 5.09. The molecule has 1 fully saturated rings. The topological polar surface area (TPSA) is 103 Å². The van der Waals surface area contributed by atoms with E-state index in [4.69, 9.17) is 19.9 Å². The number of imidazole rings is 2. The molecule has 6 heterocycles. The van der Waals surface area contributed by atoms with Gasteiger partial charge in [-0.1, -0.05) is 0 Å². The first-order valence-electron chi connectivity index (χ1n) is 12.9. The zero-order valence-electron chi connectivity index (χ0n) is 21.3. The average Bonchev–Trinajstić information content (AvgIpc) is 3.58. The first-order chi connectivity index (χ1) is 19.6. The number of pyridine rings is 1. The second-order valence-corrected chi connectivity index (χ2v) is 9.47. The van der Waals surface area contributed by atoms with E-state index in [1.807, 2.05) is 24.3 Å². The highest BCUT2D eigenvalue weighted by Crippen LogP contribution is 2.32. The number of fused-ring (bicyclic) bond motifs is 2. The molecule has 40 heavy (non-hydrogen) atoms. The summed E-state index contributed by atoms with van der Waals surface area (Å²) in [5, 5.41) is 9.77. The van der Waals surface area contributed by atoms with Crippen LogP contribution >= 0.6 is 0 Å². The van der Waals surface area contributed by atoms with E-state index >= 15 is 0 Å². The van der Waals surface area contributed by atoms with Gasteiger partial charge in [0.15, 0.2) is 17.1 Å². The Morgan fingerprint density at radius 1 is 0.875 bits per heavy atom. The third-order valence-corrected chi connectivity index (χ3v) is 6.87. The summed E-state index contributed by atoms with van der Waals surface area (Å²) in [5.74, 6) is 0.431. The van der Waals surface area contributed by atoms with Gasteiger partial charge in [0, 0.05) is 36.6 Å². The van der Waals surface area contributed by atoms with Crippen molar-refractivity contribution >= 4 is 22.9 Å². The molecule has 7 rings (SSSR count). The first-order valence-corrected chi connectivity index (χ1v) is 12.9. The monoisotopic (exact) mass is 534 g/mol. The van der Waals surface area contributed by atoms with Crippen LogP contribution in [0, 0.1) is 5.82 Å². The van der Waals surface area contributed by atoms with E-state index in [-0.39, 0.29) is 18.0 Å². The molecule has 198 valence electrons. The number of carbonyl (C=O) groups excluding carboxylic acids is 1. The molecule has 5 aromatic heterocycles. The SMILES string of the molecule is O=C(Cc1cn2nc(-c3c(-c4ccc(F)cc4)nc4ccc(N5CCOCC5)nn34)ccc2n1)c1ccncc1. The number of hydrogen-bond donors (Lipinski definition) is 0. The first kappa shape index (κ1) is 24.0. The number of ether oxygens (including phenoxy) is 1. The van der Waals surface area contributed by atoms with Gasteiger partial charge in [-0.2, -0.15) is 5.10 Å². The fourth-order valence-electron chi connectivity index (χ4n) is 4.87. The van der Waals surface area contributed by atoms with Gasteiger partial charge in [-0.25, -0.2) is 23.4 Å². The Labute approximate surface area is 227 Å². The summed E-state index contributed by atoms with van der Waals surface area (Å²) < 4.78 is 22.7. The van der Waals surface area contributed by atoms with Gasteiger partial charge in [-0.05, 0) is 60.7 Å². The van der Waals surface area contributed by atoms with Gasteiger partial charge in [0.05, 0.1) is 31.5 Å². The predicted octanol–water partition coefficient (Wildman–Crippen LogP) is 3.90. The quantitative estimate of drug-likeness (QED) is 0.297. The Hall–Kier alpha value is -5.03. The van der Waals surface area contributed by atoms with Crippen molar-refractivity contribution in [2.75, 3.05) is 31.2 Å². The van der Waals surface area contributed by atoms with E-state index in [0.717, 1.165) is 24.5 Å². The van der Waals surface area contributed by atoms with Crippen molar-refractivity contribution in [1.29, 1.82) is 0 Å². The summed E-state index contributed by atoms with van der Waals surface area (Å²) in [4.78, 5) is 28.3. The minimum absolute atomic E-state index is 0.0498. The van der Waals surface area contributed by atoms with E-state index in [1.54, 1.807) is 51.9 Å². The highest BCUT2D eigenvalue weighted by molar-refractivity contribution is 5.97. The van der Waals surface area contributed by atoms with Crippen LogP contribution in [-0.4, -0.2) is 66.3 Å². The zero-order chi connectivity index (χ0) is 27.1. The van der Waals surface area contributed by atoms with Crippen LogP contribution in [0.5, 0.6) is 0 Å². The minimum Gasteiger partial charge on any atom is -0.378 e. The van der Waals surface area contributed by atoms with Gasteiger partial charge in [-0.3, -0.25) is 9.78 Å². The van der Waals surface area contributed by atoms with Crippen LogP contribution in [-0.2, 0) is 11.2 Å². The molecule has 0 aliphatic carbocycles. The van der Waals surface area contributed by atoms with Crippen molar-refractivity contribution in [2.24, 2.45) is 0 Å². The number of rotatable bonds is 6. The summed E-state index contributed by atoms with van der Waals surface area (Å²) in [6, 6.07) is 17.2. The van der Waals surface area contributed by atoms with Crippen LogP contribution in [0.3, 0.4) is 0 Å². The maximum Gasteiger partial charge on any atom is 0.168 e.